The van der Waals surface area contributed by atoms with Crippen LogP contribution in [0.5, 0.6) is 0 Å². The van der Waals surface area contributed by atoms with Crippen molar-refractivity contribution in [2.24, 2.45) is 0 Å². The SMILES string of the molecule is CCN(CCCc1ccccc1)C1CCc2c(N)cccc2C1. The van der Waals surface area contributed by atoms with Gasteiger partial charge in [0.25, 0.3) is 0 Å². The zero-order valence-corrected chi connectivity index (χ0v) is 14.2. The van der Waals surface area contributed by atoms with Crippen molar-refractivity contribution in [2.45, 2.75) is 45.1 Å². The first-order valence-corrected chi connectivity index (χ1v) is 8.92. The van der Waals surface area contributed by atoms with E-state index in [1.54, 1.807) is 0 Å². The zero-order valence-electron chi connectivity index (χ0n) is 14.2. The number of nitrogens with two attached hydrogens (primary N) is 1. The van der Waals surface area contributed by atoms with Crippen molar-refractivity contribution < 1.29 is 0 Å². The maximum absolute atomic E-state index is 6.13. The number of rotatable bonds is 6. The van der Waals surface area contributed by atoms with Crippen molar-refractivity contribution in [3.05, 3.63) is 65.2 Å². The second-order valence-corrected chi connectivity index (χ2v) is 6.60. The molecule has 2 nitrogen and oxygen atoms in total. The van der Waals surface area contributed by atoms with Crippen molar-refractivity contribution in [2.75, 3.05) is 18.8 Å². The summed E-state index contributed by atoms with van der Waals surface area (Å²) in [4.78, 5) is 2.66. The molecular formula is C21H28N2. The van der Waals surface area contributed by atoms with Gasteiger partial charge in [-0.1, -0.05) is 49.4 Å². The topological polar surface area (TPSA) is 29.3 Å². The lowest BCUT2D eigenvalue weighted by Crippen LogP contribution is -2.40. The number of nitrogens with zero attached hydrogens (tertiary/aromatic N) is 1. The van der Waals surface area contributed by atoms with Crippen LogP contribution < -0.4 is 5.73 Å². The molecule has 0 saturated carbocycles. The van der Waals surface area contributed by atoms with Crippen LogP contribution in [-0.4, -0.2) is 24.0 Å². The molecule has 2 aromatic rings. The second kappa shape index (κ2) is 7.65. The summed E-state index contributed by atoms with van der Waals surface area (Å²) in [6.07, 6.45) is 5.92. The molecule has 2 heteroatoms. The maximum Gasteiger partial charge on any atom is 0.0349 e. The van der Waals surface area contributed by atoms with Gasteiger partial charge in [-0.3, -0.25) is 0 Å². The van der Waals surface area contributed by atoms with Gasteiger partial charge in [-0.15, -0.1) is 0 Å². The average molecular weight is 308 g/mol. The van der Waals surface area contributed by atoms with Crippen molar-refractivity contribution in [1.82, 2.24) is 4.90 Å². The molecule has 1 aliphatic carbocycles. The standard InChI is InChI=1S/C21H28N2/c1-2-23(15-7-10-17-8-4-3-5-9-17)19-13-14-20-18(16-19)11-6-12-21(20)22/h3-6,8-9,11-12,19H,2,7,10,13-16,22H2,1H3. The highest BCUT2D eigenvalue weighted by Crippen LogP contribution is 2.28. The van der Waals surface area contributed by atoms with Gasteiger partial charge in [0.1, 0.15) is 0 Å². The summed E-state index contributed by atoms with van der Waals surface area (Å²) in [5, 5.41) is 0. The first-order chi connectivity index (χ1) is 11.3. The van der Waals surface area contributed by atoms with Gasteiger partial charge in [-0.2, -0.15) is 0 Å². The first-order valence-electron chi connectivity index (χ1n) is 8.92. The minimum Gasteiger partial charge on any atom is -0.398 e. The highest BCUT2D eigenvalue weighted by atomic mass is 15.1. The summed E-state index contributed by atoms with van der Waals surface area (Å²) >= 11 is 0. The van der Waals surface area contributed by atoms with Crippen molar-refractivity contribution in [3.63, 3.8) is 0 Å². The molecule has 0 spiro atoms. The molecule has 2 N–H and O–H groups in total. The van der Waals surface area contributed by atoms with Crippen LogP contribution in [0.15, 0.2) is 48.5 Å². The molecule has 0 heterocycles. The summed E-state index contributed by atoms with van der Waals surface area (Å²) in [5.74, 6) is 0. The Morgan fingerprint density at radius 2 is 1.91 bits per heavy atom. The molecule has 0 saturated heterocycles. The van der Waals surface area contributed by atoms with E-state index in [2.05, 4.69) is 54.3 Å². The highest BCUT2D eigenvalue weighted by Gasteiger charge is 2.24. The Hall–Kier alpha value is -1.80. The van der Waals surface area contributed by atoms with E-state index in [1.807, 2.05) is 6.07 Å². The number of aryl methyl sites for hydroxylation is 1. The van der Waals surface area contributed by atoms with Crippen molar-refractivity contribution >= 4 is 5.69 Å². The number of likely N-dealkylation sites (N-methyl/N-ethyl adjacent to an activating group) is 1. The number of benzene rings is 2. The monoisotopic (exact) mass is 308 g/mol. The average Bonchev–Trinajstić information content (AvgIpc) is 2.60. The van der Waals surface area contributed by atoms with E-state index in [-0.39, 0.29) is 0 Å². The van der Waals surface area contributed by atoms with E-state index in [9.17, 15) is 0 Å². The zero-order chi connectivity index (χ0) is 16.1. The number of hydrogen-bond acceptors (Lipinski definition) is 2. The van der Waals surface area contributed by atoms with E-state index < -0.39 is 0 Å². The predicted molar refractivity (Wildman–Crippen MR) is 98.7 cm³/mol. The highest BCUT2D eigenvalue weighted by molar-refractivity contribution is 5.52. The van der Waals surface area contributed by atoms with E-state index in [0.29, 0.717) is 6.04 Å². The lowest BCUT2D eigenvalue weighted by atomic mass is 9.86. The number of anilines is 1. The fourth-order valence-corrected chi connectivity index (χ4v) is 3.86. The smallest absolute Gasteiger partial charge is 0.0349 e. The lowest BCUT2D eigenvalue weighted by molar-refractivity contribution is 0.187. The Balaban J connectivity index is 1.57. The van der Waals surface area contributed by atoms with E-state index in [1.165, 1.54) is 42.5 Å². The number of nitrogen functional groups attached to an aromatic ring is 1. The summed E-state index contributed by atoms with van der Waals surface area (Å²) in [7, 11) is 0. The molecule has 0 aromatic heterocycles. The minimum atomic E-state index is 0.671. The molecule has 122 valence electrons. The largest absolute Gasteiger partial charge is 0.398 e. The van der Waals surface area contributed by atoms with Gasteiger partial charge in [0.2, 0.25) is 0 Å². The van der Waals surface area contributed by atoms with Crippen LogP contribution in [0.1, 0.15) is 36.5 Å². The van der Waals surface area contributed by atoms with E-state index >= 15 is 0 Å². The maximum atomic E-state index is 6.13. The summed E-state index contributed by atoms with van der Waals surface area (Å²) in [6, 6.07) is 17.9. The van der Waals surface area contributed by atoms with Gasteiger partial charge < -0.3 is 10.6 Å². The Morgan fingerprint density at radius 1 is 1.09 bits per heavy atom. The van der Waals surface area contributed by atoms with Crippen LogP contribution in [0.2, 0.25) is 0 Å². The molecule has 23 heavy (non-hydrogen) atoms. The molecule has 1 aliphatic rings. The lowest BCUT2D eigenvalue weighted by Gasteiger charge is -2.35. The fraction of sp³-hybridized carbons (Fsp3) is 0.429. The van der Waals surface area contributed by atoms with Gasteiger partial charge in [0.05, 0.1) is 0 Å². The van der Waals surface area contributed by atoms with Crippen LogP contribution in [0.4, 0.5) is 5.69 Å². The third-order valence-electron chi connectivity index (χ3n) is 5.17. The minimum absolute atomic E-state index is 0.671. The quantitative estimate of drug-likeness (QED) is 0.815. The molecule has 1 unspecified atom stereocenters. The predicted octanol–water partition coefficient (Wildman–Crippen LogP) is 4.08. The van der Waals surface area contributed by atoms with Crippen LogP contribution in [0, 0.1) is 0 Å². The molecule has 0 aliphatic heterocycles. The van der Waals surface area contributed by atoms with Crippen molar-refractivity contribution in [3.8, 4) is 0 Å². The van der Waals surface area contributed by atoms with Gasteiger partial charge in [0.15, 0.2) is 0 Å². The van der Waals surface area contributed by atoms with Gasteiger partial charge >= 0.3 is 0 Å². The molecule has 1 atom stereocenters. The Labute approximate surface area is 140 Å². The van der Waals surface area contributed by atoms with Crippen LogP contribution in [-0.2, 0) is 19.3 Å². The molecule has 0 bridgehead atoms. The third-order valence-corrected chi connectivity index (χ3v) is 5.17. The van der Waals surface area contributed by atoms with E-state index in [4.69, 9.17) is 5.73 Å². The summed E-state index contributed by atoms with van der Waals surface area (Å²) < 4.78 is 0. The molecule has 0 amide bonds. The van der Waals surface area contributed by atoms with Gasteiger partial charge in [0, 0.05) is 11.7 Å². The van der Waals surface area contributed by atoms with Crippen LogP contribution in [0.25, 0.3) is 0 Å². The Morgan fingerprint density at radius 3 is 2.70 bits per heavy atom. The third kappa shape index (κ3) is 3.94. The molecule has 2 aromatic carbocycles. The van der Waals surface area contributed by atoms with Crippen LogP contribution in [0.3, 0.4) is 0 Å². The molecule has 3 rings (SSSR count). The number of fused-ring (bicyclic) bond motifs is 1. The Bertz CT molecular complexity index is 621. The molecule has 0 radical (unpaired) electrons. The first kappa shape index (κ1) is 16.1. The van der Waals surface area contributed by atoms with Crippen LogP contribution >= 0.6 is 0 Å². The molecule has 0 fully saturated rings. The normalized spacial score (nSPS) is 17.2. The summed E-state index contributed by atoms with van der Waals surface area (Å²) in [5.41, 5.74) is 11.4. The Kier molecular flexibility index (Phi) is 5.35. The van der Waals surface area contributed by atoms with Crippen molar-refractivity contribution in [1.29, 1.82) is 0 Å². The fourth-order valence-electron chi connectivity index (χ4n) is 3.86. The molecular weight excluding hydrogens is 280 g/mol. The summed E-state index contributed by atoms with van der Waals surface area (Å²) in [6.45, 7) is 4.61. The number of hydrogen-bond donors (Lipinski definition) is 1. The van der Waals surface area contributed by atoms with Gasteiger partial charge in [-0.05, 0) is 68.0 Å². The van der Waals surface area contributed by atoms with Gasteiger partial charge in [-0.25, -0.2) is 0 Å². The van der Waals surface area contributed by atoms with E-state index in [0.717, 1.165) is 25.1 Å². The second-order valence-electron chi connectivity index (χ2n) is 6.60.